The number of rotatable bonds is 9. The topological polar surface area (TPSA) is 144 Å². The number of hydrogen-bond acceptors (Lipinski definition) is 9. The highest BCUT2D eigenvalue weighted by atomic mass is 16.5. The van der Waals surface area contributed by atoms with Gasteiger partial charge < -0.3 is 31.4 Å². The third-order valence-corrected chi connectivity index (χ3v) is 1.62. The van der Waals surface area contributed by atoms with E-state index in [9.17, 15) is 0 Å². The van der Waals surface area contributed by atoms with Crippen LogP contribution in [-0.2, 0) is 0 Å². The molecule has 0 bridgehead atoms. The Morgan fingerprint density at radius 1 is 0.611 bits per heavy atom. The molecule has 1 aromatic rings. The van der Waals surface area contributed by atoms with Gasteiger partial charge in [-0.25, -0.2) is 0 Å². The Kier molecular flexibility index (Phi) is 6.69. The molecule has 0 amide bonds. The highest BCUT2D eigenvalue weighted by Crippen LogP contribution is 2.14. The Bertz CT molecular complexity index is 286. The van der Waals surface area contributed by atoms with E-state index < -0.39 is 0 Å². The number of nitrogens with zero attached hydrogens (tertiary/aromatic N) is 3. The van der Waals surface area contributed by atoms with E-state index in [4.69, 9.17) is 31.4 Å². The molecule has 0 aromatic carbocycles. The fraction of sp³-hybridized carbons (Fsp3) is 0.667. The van der Waals surface area contributed by atoms with Crippen LogP contribution in [0.2, 0.25) is 0 Å². The second-order valence-corrected chi connectivity index (χ2v) is 3.09. The Balaban J connectivity index is 2.74. The zero-order chi connectivity index (χ0) is 13.2. The first kappa shape index (κ1) is 14.4. The summed E-state index contributed by atoms with van der Waals surface area (Å²) >= 11 is 0. The van der Waals surface area contributed by atoms with Gasteiger partial charge >= 0.3 is 18.0 Å². The van der Waals surface area contributed by atoms with Gasteiger partial charge in [0.25, 0.3) is 0 Å². The lowest BCUT2D eigenvalue weighted by atomic mass is 10.7. The lowest BCUT2D eigenvalue weighted by Crippen LogP contribution is -2.17. The van der Waals surface area contributed by atoms with E-state index in [1.54, 1.807) is 0 Å². The van der Waals surface area contributed by atoms with Crippen molar-refractivity contribution < 1.29 is 14.2 Å². The predicted molar refractivity (Wildman–Crippen MR) is 63.5 cm³/mol. The third-order valence-electron chi connectivity index (χ3n) is 1.62. The molecule has 0 aliphatic heterocycles. The fourth-order valence-electron chi connectivity index (χ4n) is 0.965. The minimum absolute atomic E-state index is 0.0921. The van der Waals surface area contributed by atoms with Gasteiger partial charge in [0.15, 0.2) is 0 Å². The summed E-state index contributed by atoms with van der Waals surface area (Å²) in [7, 11) is 0. The maximum absolute atomic E-state index is 5.32. The van der Waals surface area contributed by atoms with Crippen LogP contribution in [0.15, 0.2) is 0 Å². The van der Waals surface area contributed by atoms with Crippen molar-refractivity contribution in [3.63, 3.8) is 0 Å². The summed E-state index contributed by atoms with van der Waals surface area (Å²) in [5.41, 5.74) is 16.0. The predicted octanol–water partition coefficient (Wildman–Crippen LogP) is -2.12. The monoisotopic (exact) mass is 258 g/mol. The van der Waals surface area contributed by atoms with Gasteiger partial charge in [-0.2, -0.15) is 0 Å². The first-order chi connectivity index (χ1) is 8.80. The molecule has 0 saturated carbocycles. The summed E-state index contributed by atoms with van der Waals surface area (Å²) in [6.45, 7) is 1.92. The molecule has 1 aromatic heterocycles. The van der Waals surface area contributed by atoms with Gasteiger partial charge in [-0.3, -0.25) is 0 Å². The van der Waals surface area contributed by atoms with Crippen molar-refractivity contribution in [2.24, 2.45) is 17.2 Å². The molecule has 0 unspecified atom stereocenters. The van der Waals surface area contributed by atoms with Crippen LogP contribution < -0.4 is 31.4 Å². The van der Waals surface area contributed by atoms with E-state index in [2.05, 4.69) is 15.0 Å². The summed E-state index contributed by atoms with van der Waals surface area (Å²) in [6, 6.07) is 0.276. The lowest BCUT2D eigenvalue weighted by molar-refractivity contribution is 0.243. The van der Waals surface area contributed by atoms with E-state index >= 15 is 0 Å². The van der Waals surface area contributed by atoms with Crippen LogP contribution in [0.25, 0.3) is 0 Å². The maximum atomic E-state index is 5.32. The van der Waals surface area contributed by atoms with Gasteiger partial charge in [0, 0.05) is 19.6 Å². The van der Waals surface area contributed by atoms with Crippen LogP contribution in [0, 0.1) is 0 Å². The molecule has 102 valence electrons. The summed E-state index contributed by atoms with van der Waals surface area (Å²) in [5.74, 6) is 0. The first-order valence-electron chi connectivity index (χ1n) is 5.54. The Hall–Kier alpha value is -1.71. The van der Waals surface area contributed by atoms with Crippen LogP contribution in [0.3, 0.4) is 0 Å². The summed E-state index contributed by atoms with van der Waals surface area (Å²) < 4.78 is 15.6. The molecule has 0 aliphatic rings. The second kappa shape index (κ2) is 8.39. The quantitative estimate of drug-likeness (QED) is 0.452. The van der Waals surface area contributed by atoms with E-state index in [0.717, 1.165) is 0 Å². The van der Waals surface area contributed by atoms with Crippen LogP contribution in [0.1, 0.15) is 0 Å². The molecule has 9 heteroatoms. The van der Waals surface area contributed by atoms with Crippen LogP contribution in [-0.4, -0.2) is 54.4 Å². The average Bonchev–Trinajstić information content (AvgIpc) is 2.40. The summed E-state index contributed by atoms with van der Waals surface area (Å²) in [5, 5.41) is 0. The maximum Gasteiger partial charge on any atom is 0.325 e. The van der Waals surface area contributed by atoms with Gasteiger partial charge in [0.1, 0.15) is 19.8 Å². The van der Waals surface area contributed by atoms with Crippen molar-refractivity contribution in [3.8, 4) is 18.0 Å². The van der Waals surface area contributed by atoms with E-state index in [-0.39, 0.29) is 37.9 Å². The minimum Gasteiger partial charge on any atom is -0.462 e. The fourth-order valence-corrected chi connectivity index (χ4v) is 0.965. The average molecular weight is 258 g/mol. The van der Waals surface area contributed by atoms with Gasteiger partial charge in [-0.05, 0) is 0 Å². The van der Waals surface area contributed by atoms with Crippen molar-refractivity contribution in [2.45, 2.75) is 0 Å². The molecule has 0 saturated heterocycles. The van der Waals surface area contributed by atoms with Crippen molar-refractivity contribution >= 4 is 0 Å². The molecule has 0 spiro atoms. The lowest BCUT2D eigenvalue weighted by Gasteiger charge is -2.08. The van der Waals surface area contributed by atoms with Crippen LogP contribution in [0.4, 0.5) is 0 Å². The van der Waals surface area contributed by atoms with Crippen molar-refractivity contribution in [1.29, 1.82) is 0 Å². The van der Waals surface area contributed by atoms with E-state index in [1.165, 1.54) is 0 Å². The molecule has 0 radical (unpaired) electrons. The van der Waals surface area contributed by atoms with Crippen LogP contribution >= 0.6 is 0 Å². The highest BCUT2D eigenvalue weighted by molar-refractivity contribution is 5.09. The number of hydrogen-bond donors (Lipinski definition) is 3. The largest absolute Gasteiger partial charge is 0.462 e. The number of nitrogens with two attached hydrogens (primary N) is 3. The van der Waals surface area contributed by atoms with Crippen molar-refractivity contribution in [1.82, 2.24) is 15.0 Å². The van der Waals surface area contributed by atoms with Crippen molar-refractivity contribution in [3.05, 3.63) is 0 Å². The molecule has 18 heavy (non-hydrogen) atoms. The molecule has 0 fully saturated rings. The minimum atomic E-state index is 0.0921. The normalized spacial score (nSPS) is 10.2. The molecule has 6 N–H and O–H groups in total. The Morgan fingerprint density at radius 3 is 1.11 bits per heavy atom. The summed E-state index contributed by atoms with van der Waals surface area (Å²) in [6.07, 6.45) is 0. The van der Waals surface area contributed by atoms with E-state index in [1.807, 2.05) is 0 Å². The molecular weight excluding hydrogens is 240 g/mol. The smallest absolute Gasteiger partial charge is 0.325 e. The number of aromatic nitrogens is 3. The first-order valence-corrected chi connectivity index (χ1v) is 5.54. The standard InChI is InChI=1S/C9H18N6O3/c10-1-4-16-7-13-8(17-5-2-11)15-9(14-7)18-6-3-12/h1-6,10-12H2. The molecule has 1 rings (SSSR count). The van der Waals surface area contributed by atoms with Gasteiger partial charge in [0.05, 0.1) is 0 Å². The molecule has 0 atom stereocenters. The molecule has 0 aliphatic carbocycles. The highest BCUT2D eigenvalue weighted by Gasteiger charge is 2.09. The third kappa shape index (κ3) is 5.08. The zero-order valence-corrected chi connectivity index (χ0v) is 10.0. The van der Waals surface area contributed by atoms with Gasteiger partial charge in [-0.15, -0.1) is 15.0 Å². The molecule has 1 heterocycles. The Morgan fingerprint density at radius 2 is 0.889 bits per heavy atom. The van der Waals surface area contributed by atoms with Gasteiger partial charge in [-0.1, -0.05) is 0 Å². The zero-order valence-electron chi connectivity index (χ0n) is 10.0. The SMILES string of the molecule is NCCOc1nc(OCCN)nc(OCCN)n1. The Labute approximate surface area is 105 Å². The van der Waals surface area contributed by atoms with E-state index in [0.29, 0.717) is 19.6 Å². The second-order valence-electron chi connectivity index (χ2n) is 3.09. The summed E-state index contributed by atoms with van der Waals surface area (Å²) in [4.78, 5) is 11.8. The number of ether oxygens (including phenoxy) is 3. The van der Waals surface area contributed by atoms with Crippen LogP contribution in [0.5, 0.6) is 18.0 Å². The molecular formula is C9H18N6O3. The van der Waals surface area contributed by atoms with Crippen molar-refractivity contribution in [2.75, 3.05) is 39.5 Å². The van der Waals surface area contributed by atoms with Gasteiger partial charge in [0.2, 0.25) is 0 Å². The molecule has 9 nitrogen and oxygen atoms in total.